The maximum atomic E-state index is 3.53. The Labute approximate surface area is 121 Å². The van der Waals surface area contributed by atoms with Crippen molar-refractivity contribution in [2.24, 2.45) is 0 Å². The molecule has 1 aromatic carbocycles. The van der Waals surface area contributed by atoms with Crippen LogP contribution in [0.1, 0.15) is 29.8 Å². The number of nitrogens with zero attached hydrogens (tertiary/aromatic N) is 2. The van der Waals surface area contributed by atoms with Gasteiger partial charge in [-0.25, -0.2) is 0 Å². The van der Waals surface area contributed by atoms with E-state index in [1.165, 1.54) is 48.6 Å². The number of anilines is 1. The van der Waals surface area contributed by atoms with E-state index in [0.717, 1.165) is 6.54 Å². The van der Waals surface area contributed by atoms with Crippen LogP contribution in [-0.4, -0.2) is 17.8 Å². The van der Waals surface area contributed by atoms with E-state index in [1.807, 2.05) is 0 Å². The van der Waals surface area contributed by atoms with E-state index < -0.39 is 0 Å². The third kappa shape index (κ3) is 2.53. The highest BCUT2D eigenvalue weighted by Crippen LogP contribution is 2.24. The van der Waals surface area contributed by atoms with Gasteiger partial charge in [-0.2, -0.15) is 0 Å². The Morgan fingerprint density at radius 3 is 2.30 bits per heavy atom. The lowest BCUT2D eigenvalue weighted by Gasteiger charge is -2.22. The van der Waals surface area contributed by atoms with Gasteiger partial charge in [0.25, 0.3) is 0 Å². The van der Waals surface area contributed by atoms with Crippen LogP contribution in [0.3, 0.4) is 0 Å². The van der Waals surface area contributed by atoms with Crippen LogP contribution in [0.2, 0.25) is 0 Å². The standard InChI is InChI=1S/C17H23N3/c1-14-9-10-15(2)20(14)18-13-16-7-3-4-8-17(16)19-11-5-6-12-19/h3-4,7-10,18H,5-6,11-13H2,1-2H3. The molecule has 0 radical (unpaired) electrons. The average molecular weight is 269 g/mol. The zero-order valence-electron chi connectivity index (χ0n) is 12.4. The van der Waals surface area contributed by atoms with E-state index in [2.05, 4.69) is 65.2 Å². The van der Waals surface area contributed by atoms with Gasteiger partial charge >= 0.3 is 0 Å². The molecule has 1 aliphatic heterocycles. The summed E-state index contributed by atoms with van der Waals surface area (Å²) in [5.74, 6) is 0. The van der Waals surface area contributed by atoms with E-state index in [0.29, 0.717) is 0 Å². The van der Waals surface area contributed by atoms with Crippen molar-refractivity contribution in [1.29, 1.82) is 0 Å². The molecule has 106 valence electrons. The van der Waals surface area contributed by atoms with E-state index in [4.69, 9.17) is 0 Å². The van der Waals surface area contributed by atoms with Crippen LogP contribution in [0.4, 0.5) is 5.69 Å². The first kappa shape index (κ1) is 13.1. The highest BCUT2D eigenvalue weighted by molar-refractivity contribution is 5.54. The number of aryl methyl sites for hydroxylation is 2. The summed E-state index contributed by atoms with van der Waals surface area (Å²) in [6.45, 7) is 7.51. The maximum Gasteiger partial charge on any atom is 0.0584 e. The summed E-state index contributed by atoms with van der Waals surface area (Å²) in [6.07, 6.45) is 2.63. The van der Waals surface area contributed by atoms with Crippen molar-refractivity contribution < 1.29 is 0 Å². The van der Waals surface area contributed by atoms with Crippen LogP contribution in [0.15, 0.2) is 36.4 Å². The monoisotopic (exact) mass is 269 g/mol. The molecule has 0 amide bonds. The molecular formula is C17H23N3. The summed E-state index contributed by atoms with van der Waals surface area (Å²) in [7, 11) is 0. The molecule has 3 nitrogen and oxygen atoms in total. The van der Waals surface area contributed by atoms with E-state index in [1.54, 1.807) is 0 Å². The molecule has 20 heavy (non-hydrogen) atoms. The van der Waals surface area contributed by atoms with Crippen molar-refractivity contribution in [1.82, 2.24) is 4.68 Å². The summed E-state index contributed by atoms with van der Waals surface area (Å²) in [5, 5.41) is 0. The third-order valence-electron chi connectivity index (χ3n) is 4.14. The van der Waals surface area contributed by atoms with Gasteiger partial charge in [0, 0.05) is 30.2 Å². The van der Waals surface area contributed by atoms with Gasteiger partial charge in [0.15, 0.2) is 0 Å². The third-order valence-corrected chi connectivity index (χ3v) is 4.14. The van der Waals surface area contributed by atoms with Crippen molar-refractivity contribution in [3.8, 4) is 0 Å². The average Bonchev–Trinajstić information content (AvgIpc) is 3.09. The van der Waals surface area contributed by atoms with Crippen LogP contribution in [0.5, 0.6) is 0 Å². The summed E-state index contributed by atoms with van der Waals surface area (Å²) < 4.78 is 2.17. The Balaban J connectivity index is 1.77. The summed E-state index contributed by atoms with van der Waals surface area (Å²) in [4.78, 5) is 2.51. The van der Waals surface area contributed by atoms with Gasteiger partial charge in [-0.05, 0) is 50.5 Å². The Morgan fingerprint density at radius 2 is 1.60 bits per heavy atom. The first-order chi connectivity index (χ1) is 9.75. The van der Waals surface area contributed by atoms with Crippen molar-refractivity contribution >= 4 is 5.69 Å². The molecule has 0 spiro atoms. The van der Waals surface area contributed by atoms with E-state index >= 15 is 0 Å². The topological polar surface area (TPSA) is 20.2 Å². The highest BCUT2D eigenvalue weighted by Gasteiger charge is 2.15. The Bertz CT molecular complexity index is 560. The normalized spacial score (nSPS) is 14.8. The fourth-order valence-corrected chi connectivity index (χ4v) is 3.01. The van der Waals surface area contributed by atoms with Crippen molar-refractivity contribution in [2.45, 2.75) is 33.2 Å². The van der Waals surface area contributed by atoms with Gasteiger partial charge in [-0.3, -0.25) is 4.68 Å². The fraction of sp³-hybridized carbons (Fsp3) is 0.412. The fourth-order valence-electron chi connectivity index (χ4n) is 3.01. The van der Waals surface area contributed by atoms with Crippen LogP contribution >= 0.6 is 0 Å². The van der Waals surface area contributed by atoms with Gasteiger partial charge < -0.3 is 10.3 Å². The molecule has 1 aromatic heterocycles. The van der Waals surface area contributed by atoms with Crippen molar-refractivity contribution in [2.75, 3.05) is 23.4 Å². The van der Waals surface area contributed by atoms with Crippen LogP contribution in [0, 0.1) is 13.8 Å². The molecule has 2 aromatic rings. The molecule has 3 heteroatoms. The van der Waals surface area contributed by atoms with Gasteiger partial charge in [-0.15, -0.1) is 0 Å². The number of hydrogen-bond acceptors (Lipinski definition) is 2. The summed E-state index contributed by atoms with van der Waals surface area (Å²) >= 11 is 0. The minimum Gasteiger partial charge on any atom is -0.371 e. The largest absolute Gasteiger partial charge is 0.371 e. The van der Waals surface area contributed by atoms with Crippen LogP contribution in [-0.2, 0) is 6.54 Å². The molecule has 0 saturated carbocycles. The molecule has 1 aliphatic rings. The number of benzene rings is 1. The number of nitrogens with one attached hydrogen (secondary N) is 1. The van der Waals surface area contributed by atoms with Crippen molar-refractivity contribution in [3.63, 3.8) is 0 Å². The predicted molar refractivity (Wildman–Crippen MR) is 84.9 cm³/mol. The molecule has 1 fully saturated rings. The number of aromatic nitrogens is 1. The Morgan fingerprint density at radius 1 is 0.950 bits per heavy atom. The second-order valence-corrected chi connectivity index (χ2v) is 5.61. The van der Waals surface area contributed by atoms with Gasteiger partial charge in [0.1, 0.15) is 0 Å². The number of para-hydroxylation sites is 1. The first-order valence-electron chi connectivity index (χ1n) is 7.47. The quantitative estimate of drug-likeness (QED) is 0.917. The molecule has 1 saturated heterocycles. The molecular weight excluding hydrogens is 246 g/mol. The highest BCUT2D eigenvalue weighted by atomic mass is 15.4. The van der Waals surface area contributed by atoms with E-state index in [-0.39, 0.29) is 0 Å². The summed E-state index contributed by atoms with van der Waals surface area (Å²) in [5.41, 5.74) is 8.80. The molecule has 3 rings (SSSR count). The Kier molecular flexibility index (Phi) is 3.68. The SMILES string of the molecule is Cc1ccc(C)n1NCc1ccccc1N1CCCC1. The Hall–Kier alpha value is -1.90. The second-order valence-electron chi connectivity index (χ2n) is 5.61. The van der Waals surface area contributed by atoms with Crippen molar-refractivity contribution in [3.05, 3.63) is 53.3 Å². The van der Waals surface area contributed by atoms with Crippen LogP contribution < -0.4 is 10.3 Å². The van der Waals surface area contributed by atoms with Gasteiger partial charge in [0.05, 0.1) is 6.54 Å². The molecule has 0 unspecified atom stereocenters. The smallest absolute Gasteiger partial charge is 0.0584 e. The van der Waals surface area contributed by atoms with E-state index in [9.17, 15) is 0 Å². The van der Waals surface area contributed by atoms with Gasteiger partial charge in [0.2, 0.25) is 0 Å². The molecule has 1 N–H and O–H groups in total. The minimum atomic E-state index is 0.864. The first-order valence-corrected chi connectivity index (χ1v) is 7.47. The molecule has 0 aliphatic carbocycles. The minimum absolute atomic E-state index is 0.864. The molecule has 0 atom stereocenters. The number of rotatable bonds is 4. The molecule has 2 heterocycles. The second kappa shape index (κ2) is 5.61. The maximum absolute atomic E-state index is 3.53. The zero-order valence-corrected chi connectivity index (χ0v) is 12.4. The summed E-state index contributed by atoms with van der Waals surface area (Å²) in [6, 6.07) is 13.0. The lowest BCUT2D eigenvalue weighted by Crippen LogP contribution is -2.22. The lowest BCUT2D eigenvalue weighted by atomic mass is 10.1. The van der Waals surface area contributed by atoms with Crippen LogP contribution in [0.25, 0.3) is 0 Å². The predicted octanol–water partition coefficient (Wildman–Crippen LogP) is 3.45. The number of hydrogen-bond donors (Lipinski definition) is 1. The van der Waals surface area contributed by atoms with Gasteiger partial charge in [-0.1, -0.05) is 18.2 Å². The molecule has 0 bridgehead atoms. The lowest BCUT2D eigenvalue weighted by molar-refractivity contribution is 0.789. The zero-order chi connectivity index (χ0) is 13.9.